The van der Waals surface area contributed by atoms with Crippen LogP contribution in [-0.4, -0.2) is 56.1 Å². The topological polar surface area (TPSA) is 67.8 Å². The Morgan fingerprint density at radius 1 is 0.879 bits per heavy atom. The lowest BCUT2D eigenvalue weighted by Gasteiger charge is -2.36. The Labute approximate surface area is 194 Å². The van der Waals surface area contributed by atoms with Gasteiger partial charge in [-0.2, -0.15) is 0 Å². The largest absolute Gasteiger partial charge is 0.493 e. The molecule has 1 aliphatic heterocycles. The number of ether oxygens (including phenoxy) is 2. The fourth-order valence-electron chi connectivity index (χ4n) is 4.73. The van der Waals surface area contributed by atoms with Crippen molar-refractivity contribution in [1.82, 2.24) is 9.97 Å². The van der Waals surface area contributed by atoms with Gasteiger partial charge in [-0.3, -0.25) is 4.79 Å². The highest BCUT2D eigenvalue weighted by molar-refractivity contribution is 5.98. The maximum Gasteiger partial charge on any atom is 0.225 e. The first-order valence-corrected chi connectivity index (χ1v) is 11.3. The van der Waals surface area contributed by atoms with E-state index >= 15 is 0 Å². The van der Waals surface area contributed by atoms with Crippen LogP contribution < -0.4 is 19.3 Å². The molecular weight excluding hydrogens is 416 g/mol. The molecule has 33 heavy (non-hydrogen) atoms. The van der Waals surface area contributed by atoms with Crippen molar-refractivity contribution in [2.24, 2.45) is 0 Å². The van der Waals surface area contributed by atoms with Crippen LogP contribution in [0.25, 0.3) is 0 Å². The predicted molar refractivity (Wildman–Crippen MR) is 128 cm³/mol. The number of benzene rings is 2. The van der Waals surface area contributed by atoms with E-state index in [4.69, 9.17) is 14.5 Å². The van der Waals surface area contributed by atoms with Gasteiger partial charge in [0.15, 0.2) is 17.3 Å². The average molecular weight is 445 g/mol. The lowest BCUT2D eigenvalue weighted by Crippen LogP contribution is -2.47. The van der Waals surface area contributed by atoms with Crippen LogP contribution in [0, 0.1) is 0 Å². The van der Waals surface area contributed by atoms with E-state index in [0.29, 0.717) is 35.9 Å². The number of methoxy groups -OCH3 is 2. The Hall–Kier alpha value is -3.61. The second kappa shape index (κ2) is 9.10. The first-order chi connectivity index (χ1) is 16.2. The van der Waals surface area contributed by atoms with Crippen LogP contribution in [0.15, 0.2) is 54.7 Å². The third-order valence-corrected chi connectivity index (χ3v) is 6.59. The second-order valence-electron chi connectivity index (χ2n) is 8.48. The van der Waals surface area contributed by atoms with Crippen LogP contribution in [0.3, 0.4) is 0 Å². The molecule has 1 fully saturated rings. The number of hydrogen-bond acceptors (Lipinski definition) is 7. The van der Waals surface area contributed by atoms with Crippen LogP contribution in [-0.2, 0) is 6.42 Å². The number of ketones is 1. The molecule has 2 aliphatic rings. The normalized spacial score (nSPS) is 18.1. The zero-order valence-corrected chi connectivity index (χ0v) is 19.0. The Kier molecular flexibility index (Phi) is 5.86. The van der Waals surface area contributed by atoms with Crippen molar-refractivity contribution in [3.05, 3.63) is 71.5 Å². The smallest absolute Gasteiger partial charge is 0.225 e. The third-order valence-electron chi connectivity index (χ3n) is 6.59. The Morgan fingerprint density at radius 2 is 1.61 bits per heavy atom. The molecule has 2 heterocycles. The molecule has 0 N–H and O–H groups in total. The van der Waals surface area contributed by atoms with Crippen molar-refractivity contribution in [1.29, 1.82) is 0 Å². The van der Waals surface area contributed by atoms with Gasteiger partial charge in [0.05, 0.1) is 25.5 Å². The van der Waals surface area contributed by atoms with Crippen LogP contribution in [0.2, 0.25) is 0 Å². The number of fused-ring (bicyclic) bond motifs is 1. The monoisotopic (exact) mass is 444 g/mol. The van der Waals surface area contributed by atoms with Crippen molar-refractivity contribution in [2.75, 3.05) is 50.2 Å². The standard InChI is InChI=1S/C26H28N4O3/c1-32-24-9-8-18(16-25(24)33-2)19-14-22-21(23(31)15-19)17-27-26(28-22)30-12-10-29(11-13-30)20-6-4-3-5-7-20/h3-9,16-17,19H,10-15H2,1-2H3. The molecule has 1 aromatic heterocycles. The number of Topliss-reactive ketones (excluding diaryl/α,β-unsaturated/α-hetero) is 1. The van der Waals surface area contributed by atoms with E-state index in [2.05, 4.69) is 39.0 Å². The van der Waals surface area contributed by atoms with Gasteiger partial charge >= 0.3 is 0 Å². The summed E-state index contributed by atoms with van der Waals surface area (Å²) in [6, 6.07) is 16.3. The number of carbonyl (C=O) groups excluding carboxylic acids is 1. The Morgan fingerprint density at radius 3 is 2.33 bits per heavy atom. The number of nitrogens with zero attached hydrogens (tertiary/aromatic N) is 4. The van der Waals surface area contributed by atoms with E-state index in [1.807, 2.05) is 24.3 Å². The molecule has 7 heteroatoms. The maximum atomic E-state index is 12.9. The number of rotatable bonds is 5. The molecule has 0 bridgehead atoms. The quantitative estimate of drug-likeness (QED) is 0.594. The summed E-state index contributed by atoms with van der Waals surface area (Å²) in [7, 11) is 3.25. The molecule has 1 saturated heterocycles. The molecule has 170 valence electrons. The Balaban J connectivity index is 1.33. The molecule has 0 radical (unpaired) electrons. The average Bonchev–Trinajstić information content (AvgIpc) is 2.88. The van der Waals surface area contributed by atoms with Crippen LogP contribution in [0.5, 0.6) is 11.5 Å². The van der Waals surface area contributed by atoms with E-state index in [0.717, 1.165) is 37.4 Å². The van der Waals surface area contributed by atoms with E-state index in [-0.39, 0.29) is 11.7 Å². The molecular formula is C26H28N4O3. The fourth-order valence-corrected chi connectivity index (χ4v) is 4.73. The molecule has 2 aromatic carbocycles. The first kappa shape index (κ1) is 21.2. The predicted octanol–water partition coefficient (Wildman–Crippen LogP) is 3.73. The Bertz CT molecular complexity index is 1140. The fraction of sp³-hybridized carbons (Fsp3) is 0.346. The summed E-state index contributed by atoms with van der Waals surface area (Å²) in [5.41, 5.74) is 3.79. The molecule has 7 nitrogen and oxygen atoms in total. The van der Waals surface area contributed by atoms with Gasteiger partial charge in [0.25, 0.3) is 0 Å². The van der Waals surface area contributed by atoms with Crippen molar-refractivity contribution < 1.29 is 14.3 Å². The van der Waals surface area contributed by atoms with Crippen molar-refractivity contribution >= 4 is 17.4 Å². The summed E-state index contributed by atoms with van der Waals surface area (Å²) in [6.07, 6.45) is 2.87. The summed E-state index contributed by atoms with van der Waals surface area (Å²) in [5.74, 6) is 2.22. The van der Waals surface area contributed by atoms with E-state index < -0.39 is 0 Å². The van der Waals surface area contributed by atoms with Gasteiger partial charge in [0.2, 0.25) is 5.95 Å². The van der Waals surface area contributed by atoms with Gasteiger partial charge in [-0.1, -0.05) is 24.3 Å². The van der Waals surface area contributed by atoms with Gasteiger partial charge in [-0.05, 0) is 42.2 Å². The maximum absolute atomic E-state index is 12.9. The molecule has 1 atom stereocenters. The van der Waals surface area contributed by atoms with Crippen LogP contribution >= 0.6 is 0 Å². The molecule has 0 saturated carbocycles. The lowest BCUT2D eigenvalue weighted by atomic mass is 9.82. The van der Waals surface area contributed by atoms with E-state index in [9.17, 15) is 4.79 Å². The van der Waals surface area contributed by atoms with Gasteiger partial charge in [0.1, 0.15) is 0 Å². The summed E-state index contributed by atoms with van der Waals surface area (Å²) >= 11 is 0. The number of piperazine rings is 1. The minimum atomic E-state index is 0.0579. The van der Waals surface area contributed by atoms with E-state index in [1.165, 1.54) is 5.69 Å². The van der Waals surface area contributed by atoms with Gasteiger partial charge < -0.3 is 19.3 Å². The van der Waals surface area contributed by atoms with Crippen LogP contribution in [0.1, 0.15) is 34.0 Å². The highest BCUT2D eigenvalue weighted by atomic mass is 16.5. The minimum absolute atomic E-state index is 0.0579. The van der Waals surface area contributed by atoms with Gasteiger partial charge in [-0.15, -0.1) is 0 Å². The van der Waals surface area contributed by atoms with Crippen molar-refractivity contribution in [3.63, 3.8) is 0 Å². The highest BCUT2D eigenvalue weighted by Crippen LogP contribution is 2.36. The summed E-state index contributed by atoms with van der Waals surface area (Å²) in [4.78, 5) is 26.9. The highest BCUT2D eigenvalue weighted by Gasteiger charge is 2.30. The van der Waals surface area contributed by atoms with Crippen LogP contribution in [0.4, 0.5) is 11.6 Å². The summed E-state index contributed by atoms with van der Waals surface area (Å²) < 4.78 is 10.8. The number of carbonyl (C=O) groups is 1. The summed E-state index contributed by atoms with van der Waals surface area (Å²) in [5, 5.41) is 0. The first-order valence-electron chi connectivity index (χ1n) is 11.3. The van der Waals surface area contributed by atoms with Gasteiger partial charge in [0, 0.05) is 44.5 Å². The van der Waals surface area contributed by atoms with Crippen molar-refractivity contribution in [3.8, 4) is 11.5 Å². The zero-order chi connectivity index (χ0) is 22.8. The molecule has 0 spiro atoms. The van der Waals surface area contributed by atoms with Crippen molar-refractivity contribution in [2.45, 2.75) is 18.8 Å². The number of para-hydroxylation sites is 1. The molecule has 0 amide bonds. The number of anilines is 2. The number of aromatic nitrogens is 2. The third kappa shape index (κ3) is 4.23. The minimum Gasteiger partial charge on any atom is -0.493 e. The SMILES string of the molecule is COc1ccc(C2CC(=O)c3cnc(N4CCN(c5ccccc5)CC4)nc3C2)cc1OC. The zero-order valence-electron chi connectivity index (χ0n) is 19.0. The number of hydrogen-bond donors (Lipinski definition) is 0. The second-order valence-corrected chi connectivity index (χ2v) is 8.48. The molecule has 1 aliphatic carbocycles. The summed E-state index contributed by atoms with van der Waals surface area (Å²) in [6.45, 7) is 3.52. The molecule has 3 aromatic rings. The molecule has 5 rings (SSSR count). The van der Waals surface area contributed by atoms with E-state index in [1.54, 1.807) is 20.4 Å². The molecule has 1 unspecified atom stereocenters. The van der Waals surface area contributed by atoms with Gasteiger partial charge in [-0.25, -0.2) is 9.97 Å². The lowest BCUT2D eigenvalue weighted by molar-refractivity contribution is 0.0962.